The molecule has 0 amide bonds. The number of hydrogen-bond acceptors (Lipinski definition) is 3. The van der Waals surface area contributed by atoms with Crippen LogP contribution < -0.4 is 0 Å². The Labute approximate surface area is 65.2 Å². The minimum Gasteiger partial charge on any atom is -0.443 e. The normalized spacial score (nSPS) is 6.90. The van der Waals surface area contributed by atoms with Crippen molar-refractivity contribution in [1.29, 1.82) is 5.26 Å². The predicted molar refractivity (Wildman–Crippen MR) is 37.9 cm³/mol. The Hall–Kier alpha value is -0.750. The molecule has 1 N–H and O–H groups in total. The quantitative estimate of drug-likeness (QED) is 0.510. The van der Waals surface area contributed by atoms with E-state index in [9.17, 15) is 4.79 Å². The van der Waals surface area contributed by atoms with Gasteiger partial charge in [-0.3, -0.25) is 4.79 Å². The third kappa shape index (κ3) is 26.8. The molecule has 0 aromatic rings. The molecule has 0 aliphatic heterocycles. The van der Waals surface area contributed by atoms with Gasteiger partial charge in [0.2, 0.25) is 5.24 Å². The highest BCUT2D eigenvalue weighted by molar-refractivity contribution is 6.63. The summed E-state index contributed by atoms with van der Waals surface area (Å²) in [6.45, 7) is 2.03. The molecule has 0 aromatic carbocycles. The summed E-state index contributed by atoms with van der Waals surface area (Å²) >= 11 is 5.02. The van der Waals surface area contributed by atoms with E-state index in [1.165, 1.54) is 0 Å². The van der Waals surface area contributed by atoms with Crippen molar-refractivity contribution >= 4 is 16.8 Å². The molecule has 4 heteroatoms. The lowest BCUT2D eigenvalue weighted by molar-refractivity contribution is -0.111. The van der Waals surface area contributed by atoms with Gasteiger partial charge >= 0.3 is 0 Å². The summed E-state index contributed by atoms with van der Waals surface area (Å²) in [5.74, 6) is 0. The largest absolute Gasteiger partial charge is 0.443 e. The van der Waals surface area contributed by atoms with Crippen LogP contribution in [0.25, 0.3) is 0 Å². The summed E-state index contributed by atoms with van der Waals surface area (Å²) in [5, 5.41) is 13.5. The molecule has 3 nitrogen and oxygen atoms in total. The highest BCUT2D eigenvalue weighted by Gasteiger charge is 1.90. The molecule has 0 spiro atoms. The number of aliphatic hydroxyl groups is 1. The summed E-state index contributed by atoms with van der Waals surface area (Å²) in [6, 6.07) is 0. The molecule has 0 saturated carbocycles. The van der Waals surface area contributed by atoms with Gasteiger partial charge in [0.1, 0.15) is 0 Å². The van der Waals surface area contributed by atoms with Crippen molar-refractivity contribution in [1.82, 2.24) is 0 Å². The molecule has 0 radical (unpaired) electrons. The van der Waals surface area contributed by atoms with Crippen molar-refractivity contribution in [3.8, 4) is 6.26 Å². The van der Waals surface area contributed by atoms with Crippen LogP contribution in [0.5, 0.6) is 0 Å². The first-order chi connectivity index (χ1) is 4.68. The maximum absolute atomic E-state index is 9.97. The Morgan fingerprint density at radius 2 is 2.20 bits per heavy atom. The lowest BCUT2D eigenvalue weighted by Gasteiger charge is -1.84. The van der Waals surface area contributed by atoms with Crippen molar-refractivity contribution in [2.75, 3.05) is 0 Å². The molecule has 0 aliphatic rings. The van der Waals surface area contributed by atoms with Crippen LogP contribution in [0.1, 0.15) is 26.2 Å². The molecule has 0 heterocycles. The van der Waals surface area contributed by atoms with Gasteiger partial charge in [-0.05, 0) is 18.0 Å². The zero-order chi connectivity index (χ0) is 8.41. The maximum Gasteiger partial charge on any atom is 0.283 e. The molecule has 10 heavy (non-hydrogen) atoms. The summed E-state index contributed by atoms with van der Waals surface area (Å²) < 4.78 is 0. The summed E-state index contributed by atoms with van der Waals surface area (Å²) in [6.07, 6.45) is 3.23. The van der Waals surface area contributed by atoms with Crippen molar-refractivity contribution in [3.05, 3.63) is 0 Å². The number of nitrogens with zero attached hydrogens (tertiary/aromatic N) is 1. The molecule has 0 aliphatic carbocycles. The van der Waals surface area contributed by atoms with Gasteiger partial charge in [0.05, 0.1) is 0 Å². The third-order valence-corrected chi connectivity index (χ3v) is 0.916. The number of carbonyl (C=O) groups is 1. The first kappa shape index (κ1) is 12.0. The van der Waals surface area contributed by atoms with E-state index in [-0.39, 0.29) is 5.24 Å². The molecule has 58 valence electrons. The van der Waals surface area contributed by atoms with Crippen LogP contribution >= 0.6 is 11.6 Å². The molecule has 0 unspecified atom stereocenters. The van der Waals surface area contributed by atoms with Crippen molar-refractivity contribution in [2.45, 2.75) is 26.2 Å². The lowest BCUT2D eigenvalue weighted by Crippen LogP contribution is -1.82. The lowest BCUT2D eigenvalue weighted by atomic mass is 10.3. The number of hydrogen-bond donors (Lipinski definition) is 1. The van der Waals surface area contributed by atoms with Gasteiger partial charge in [-0.25, -0.2) is 0 Å². The van der Waals surface area contributed by atoms with Crippen LogP contribution in [0.3, 0.4) is 0 Å². The second-order valence-electron chi connectivity index (χ2n) is 1.56. The van der Waals surface area contributed by atoms with Crippen molar-refractivity contribution < 1.29 is 9.90 Å². The molecule has 0 saturated heterocycles. The average molecular weight is 164 g/mol. The first-order valence-electron chi connectivity index (χ1n) is 2.90. The van der Waals surface area contributed by atoms with Crippen molar-refractivity contribution in [3.63, 3.8) is 0 Å². The number of nitriles is 1. The Bertz CT molecular complexity index is 119. The van der Waals surface area contributed by atoms with Crippen LogP contribution in [0, 0.1) is 11.5 Å². The van der Waals surface area contributed by atoms with E-state index in [2.05, 4.69) is 0 Å². The molecule has 0 atom stereocenters. The summed E-state index contributed by atoms with van der Waals surface area (Å²) in [5.41, 5.74) is 0. The monoisotopic (exact) mass is 163 g/mol. The first-order valence-corrected chi connectivity index (χ1v) is 3.28. The number of rotatable bonds is 3. The van der Waals surface area contributed by atoms with Crippen LogP contribution in [0.4, 0.5) is 0 Å². The predicted octanol–water partition coefficient (Wildman–Crippen LogP) is 1.78. The van der Waals surface area contributed by atoms with E-state index >= 15 is 0 Å². The maximum atomic E-state index is 9.97. The van der Waals surface area contributed by atoms with Gasteiger partial charge in [-0.2, -0.15) is 5.26 Å². The zero-order valence-electron chi connectivity index (χ0n) is 5.80. The fraction of sp³-hybridized carbons (Fsp3) is 0.667. The van der Waals surface area contributed by atoms with E-state index < -0.39 is 0 Å². The number of aliphatic hydroxyl groups excluding tert-OH is 1. The van der Waals surface area contributed by atoms with Gasteiger partial charge in [0, 0.05) is 6.42 Å². The highest BCUT2D eigenvalue weighted by Crippen LogP contribution is 1.96. The molecule has 0 bridgehead atoms. The summed E-state index contributed by atoms with van der Waals surface area (Å²) in [7, 11) is 0. The van der Waals surface area contributed by atoms with Crippen LogP contribution in [-0.4, -0.2) is 10.3 Å². The van der Waals surface area contributed by atoms with Gasteiger partial charge in [0.15, 0.2) is 0 Å². The Morgan fingerprint density at radius 3 is 2.30 bits per heavy atom. The zero-order valence-corrected chi connectivity index (χ0v) is 6.56. The van der Waals surface area contributed by atoms with Gasteiger partial charge < -0.3 is 5.11 Å². The minimum absolute atomic E-state index is 0.221. The van der Waals surface area contributed by atoms with Gasteiger partial charge in [-0.1, -0.05) is 13.3 Å². The standard InChI is InChI=1S/C5H9ClO.CHNO/c1-2-3-4-5(6)7;2-1-3/h2-4H2,1H3;3H. The average Bonchev–Trinajstić information content (AvgIpc) is 1.85. The van der Waals surface area contributed by atoms with Crippen LogP contribution in [-0.2, 0) is 4.79 Å². The topological polar surface area (TPSA) is 61.1 Å². The van der Waals surface area contributed by atoms with E-state index in [4.69, 9.17) is 22.0 Å². The second-order valence-corrected chi connectivity index (χ2v) is 1.98. The Kier molecular flexibility index (Phi) is 13.3. The molecule has 0 fully saturated rings. The fourth-order valence-electron chi connectivity index (χ4n) is 0.316. The summed E-state index contributed by atoms with van der Waals surface area (Å²) in [4.78, 5) is 9.97. The number of carbonyl (C=O) groups excluding carboxylic acids is 1. The van der Waals surface area contributed by atoms with Gasteiger partial charge in [-0.15, -0.1) is 0 Å². The van der Waals surface area contributed by atoms with E-state index in [1.54, 1.807) is 0 Å². The Morgan fingerprint density at radius 1 is 1.80 bits per heavy atom. The molecular weight excluding hydrogens is 154 g/mol. The minimum atomic E-state index is -0.221. The molecule has 0 aromatic heterocycles. The number of unbranched alkanes of at least 4 members (excludes halogenated alkanes) is 1. The van der Waals surface area contributed by atoms with Crippen LogP contribution in [0.15, 0.2) is 0 Å². The van der Waals surface area contributed by atoms with E-state index in [0.717, 1.165) is 19.1 Å². The van der Waals surface area contributed by atoms with E-state index in [1.807, 2.05) is 6.92 Å². The van der Waals surface area contributed by atoms with E-state index in [0.29, 0.717) is 6.42 Å². The number of halogens is 1. The highest BCUT2D eigenvalue weighted by atomic mass is 35.5. The third-order valence-electron chi connectivity index (χ3n) is 0.727. The SMILES string of the molecule is CCCCC(=O)Cl.N#CO. The smallest absolute Gasteiger partial charge is 0.283 e. The van der Waals surface area contributed by atoms with Gasteiger partial charge in [0.25, 0.3) is 6.26 Å². The molecule has 0 rings (SSSR count). The van der Waals surface area contributed by atoms with Crippen molar-refractivity contribution in [2.24, 2.45) is 0 Å². The second kappa shape index (κ2) is 11.1. The molecular formula is C6H10ClNO2. The fourth-order valence-corrected chi connectivity index (χ4v) is 0.449. The Balaban J connectivity index is 0. The van der Waals surface area contributed by atoms with Crippen LogP contribution in [0.2, 0.25) is 0 Å².